The molecule has 0 aromatic carbocycles. The number of aryl methyl sites for hydroxylation is 1. The Morgan fingerprint density at radius 1 is 1.22 bits per heavy atom. The lowest BCUT2D eigenvalue weighted by Crippen LogP contribution is -2.29. The predicted octanol–water partition coefficient (Wildman–Crippen LogP) is 3.04. The summed E-state index contributed by atoms with van der Waals surface area (Å²) in [5.41, 5.74) is 7.44. The number of aromatic nitrogens is 3. The lowest BCUT2D eigenvalue weighted by molar-refractivity contribution is 0.200. The lowest BCUT2D eigenvalue weighted by Gasteiger charge is -2.33. The minimum absolute atomic E-state index is 0.0486. The molecule has 102 valence electrons. The third-order valence-corrected chi connectivity index (χ3v) is 4.97. The summed E-state index contributed by atoms with van der Waals surface area (Å²) in [5, 5.41) is 8.04. The zero-order valence-corrected chi connectivity index (χ0v) is 13.0. The SMILES string of the molecule is CC(C)C1CCC(C(N)c2c(Br)nnn2C)CC1. The Morgan fingerprint density at radius 2 is 1.78 bits per heavy atom. The topological polar surface area (TPSA) is 56.7 Å². The predicted molar refractivity (Wildman–Crippen MR) is 75.9 cm³/mol. The van der Waals surface area contributed by atoms with Gasteiger partial charge in [-0.1, -0.05) is 19.1 Å². The van der Waals surface area contributed by atoms with Gasteiger partial charge in [-0.3, -0.25) is 0 Å². The molecule has 1 aliphatic carbocycles. The molecule has 0 bridgehead atoms. The van der Waals surface area contributed by atoms with Crippen LogP contribution in [0.1, 0.15) is 51.3 Å². The third kappa shape index (κ3) is 2.77. The van der Waals surface area contributed by atoms with Crippen molar-refractivity contribution in [3.05, 3.63) is 10.3 Å². The smallest absolute Gasteiger partial charge is 0.153 e. The van der Waals surface area contributed by atoms with E-state index in [9.17, 15) is 0 Å². The van der Waals surface area contributed by atoms with Gasteiger partial charge in [0.2, 0.25) is 0 Å². The molecule has 1 aliphatic rings. The lowest BCUT2D eigenvalue weighted by atomic mass is 9.74. The van der Waals surface area contributed by atoms with Crippen LogP contribution in [0.25, 0.3) is 0 Å². The summed E-state index contributed by atoms with van der Waals surface area (Å²) in [5.74, 6) is 2.24. The highest BCUT2D eigenvalue weighted by Crippen LogP contribution is 2.39. The molecule has 2 N–H and O–H groups in total. The van der Waals surface area contributed by atoms with E-state index < -0.39 is 0 Å². The van der Waals surface area contributed by atoms with Gasteiger partial charge in [0.25, 0.3) is 0 Å². The molecule has 18 heavy (non-hydrogen) atoms. The molecule has 1 fully saturated rings. The number of rotatable bonds is 3. The highest BCUT2D eigenvalue weighted by molar-refractivity contribution is 9.10. The van der Waals surface area contributed by atoms with E-state index in [0.29, 0.717) is 5.92 Å². The molecule has 1 aromatic rings. The first-order chi connectivity index (χ1) is 8.50. The van der Waals surface area contributed by atoms with Crippen LogP contribution in [0.2, 0.25) is 0 Å². The van der Waals surface area contributed by atoms with Crippen LogP contribution < -0.4 is 5.73 Å². The average molecular weight is 315 g/mol. The minimum Gasteiger partial charge on any atom is -0.322 e. The van der Waals surface area contributed by atoms with E-state index in [2.05, 4.69) is 40.1 Å². The van der Waals surface area contributed by atoms with Crippen molar-refractivity contribution < 1.29 is 0 Å². The van der Waals surface area contributed by atoms with Crippen molar-refractivity contribution in [1.29, 1.82) is 0 Å². The van der Waals surface area contributed by atoms with Gasteiger partial charge in [-0.2, -0.15) is 0 Å². The summed E-state index contributed by atoms with van der Waals surface area (Å²) in [4.78, 5) is 0. The zero-order chi connectivity index (χ0) is 13.3. The van der Waals surface area contributed by atoms with Crippen LogP contribution in [-0.4, -0.2) is 15.0 Å². The molecule has 1 heterocycles. The molecular formula is C13H23BrN4. The molecule has 1 unspecified atom stereocenters. The van der Waals surface area contributed by atoms with Crippen molar-refractivity contribution in [2.45, 2.75) is 45.6 Å². The summed E-state index contributed by atoms with van der Waals surface area (Å²) in [7, 11) is 1.91. The standard InChI is InChI=1S/C13H23BrN4/c1-8(2)9-4-6-10(7-5-9)11(15)12-13(14)16-17-18(12)3/h8-11H,4-7,15H2,1-3H3. The quantitative estimate of drug-likeness (QED) is 0.933. The molecule has 0 radical (unpaired) electrons. The van der Waals surface area contributed by atoms with E-state index in [1.807, 2.05) is 7.05 Å². The second-order valence-electron chi connectivity index (χ2n) is 5.83. The molecule has 1 saturated carbocycles. The summed E-state index contributed by atoms with van der Waals surface area (Å²) in [6, 6.07) is 0.0486. The molecular weight excluding hydrogens is 292 g/mol. The Morgan fingerprint density at radius 3 is 2.22 bits per heavy atom. The van der Waals surface area contributed by atoms with Crippen molar-refractivity contribution in [3.63, 3.8) is 0 Å². The second-order valence-corrected chi connectivity index (χ2v) is 6.58. The Balaban J connectivity index is 2.02. The van der Waals surface area contributed by atoms with Gasteiger partial charge in [0.1, 0.15) is 0 Å². The van der Waals surface area contributed by atoms with Crippen molar-refractivity contribution in [2.75, 3.05) is 0 Å². The van der Waals surface area contributed by atoms with Crippen LogP contribution in [0, 0.1) is 17.8 Å². The Labute approximate surface area is 117 Å². The molecule has 2 rings (SSSR count). The van der Waals surface area contributed by atoms with Crippen LogP contribution in [-0.2, 0) is 7.05 Å². The molecule has 0 amide bonds. The van der Waals surface area contributed by atoms with Crippen LogP contribution in [0.15, 0.2) is 4.60 Å². The second kappa shape index (κ2) is 5.70. The van der Waals surface area contributed by atoms with Crippen molar-refractivity contribution in [1.82, 2.24) is 15.0 Å². The third-order valence-electron chi connectivity index (χ3n) is 4.41. The number of nitrogens with zero attached hydrogens (tertiary/aromatic N) is 3. The van der Waals surface area contributed by atoms with E-state index in [-0.39, 0.29) is 6.04 Å². The van der Waals surface area contributed by atoms with Gasteiger partial charge in [-0.05, 0) is 59.4 Å². The average Bonchev–Trinajstić information content (AvgIpc) is 2.68. The molecule has 5 heteroatoms. The minimum atomic E-state index is 0.0486. The fourth-order valence-corrected chi connectivity index (χ4v) is 3.68. The summed E-state index contributed by atoms with van der Waals surface area (Å²) >= 11 is 3.44. The van der Waals surface area contributed by atoms with Gasteiger partial charge in [0, 0.05) is 7.05 Å². The van der Waals surface area contributed by atoms with Gasteiger partial charge in [-0.25, -0.2) is 4.68 Å². The van der Waals surface area contributed by atoms with Crippen molar-refractivity contribution in [2.24, 2.45) is 30.5 Å². The number of halogens is 1. The monoisotopic (exact) mass is 314 g/mol. The first kappa shape index (κ1) is 14.0. The van der Waals surface area contributed by atoms with Gasteiger partial charge in [0.05, 0.1) is 11.7 Å². The molecule has 4 nitrogen and oxygen atoms in total. The van der Waals surface area contributed by atoms with Crippen LogP contribution in [0.5, 0.6) is 0 Å². The zero-order valence-electron chi connectivity index (χ0n) is 11.4. The van der Waals surface area contributed by atoms with E-state index in [1.165, 1.54) is 25.7 Å². The maximum atomic E-state index is 6.41. The molecule has 0 saturated heterocycles. The first-order valence-electron chi connectivity index (χ1n) is 6.81. The van der Waals surface area contributed by atoms with Gasteiger partial charge in [-0.15, -0.1) is 5.10 Å². The van der Waals surface area contributed by atoms with E-state index in [1.54, 1.807) is 4.68 Å². The first-order valence-corrected chi connectivity index (χ1v) is 7.60. The van der Waals surface area contributed by atoms with Crippen LogP contribution >= 0.6 is 15.9 Å². The Kier molecular flexibility index (Phi) is 4.43. The maximum absolute atomic E-state index is 6.41. The fourth-order valence-electron chi connectivity index (χ4n) is 3.09. The molecule has 0 aliphatic heterocycles. The molecule has 0 spiro atoms. The Bertz CT molecular complexity index is 374. The number of hydrogen-bond donors (Lipinski definition) is 1. The molecule has 1 aromatic heterocycles. The van der Waals surface area contributed by atoms with Crippen LogP contribution in [0.3, 0.4) is 0 Å². The van der Waals surface area contributed by atoms with Crippen molar-refractivity contribution >= 4 is 15.9 Å². The van der Waals surface area contributed by atoms with Gasteiger partial charge < -0.3 is 5.73 Å². The fraction of sp³-hybridized carbons (Fsp3) is 0.846. The highest BCUT2D eigenvalue weighted by Gasteiger charge is 2.30. The van der Waals surface area contributed by atoms with Crippen LogP contribution in [0.4, 0.5) is 0 Å². The number of nitrogens with two attached hydrogens (primary N) is 1. The molecule has 1 atom stereocenters. The maximum Gasteiger partial charge on any atom is 0.153 e. The normalized spacial score (nSPS) is 26.6. The van der Waals surface area contributed by atoms with E-state index in [0.717, 1.165) is 22.1 Å². The van der Waals surface area contributed by atoms with Gasteiger partial charge in [0.15, 0.2) is 4.60 Å². The van der Waals surface area contributed by atoms with Crippen molar-refractivity contribution in [3.8, 4) is 0 Å². The summed E-state index contributed by atoms with van der Waals surface area (Å²) < 4.78 is 2.59. The van der Waals surface area contributed by atoms with E-state index in [4.69, 9.17) is 5.73 Å². The summed E-state index contributed by atoms with van der Waals surface area (Å²) in [6.07, 6.45) is 5.06. The highest BCUT2D eigenvalue weighted by atomic mass is 79.9. The van der Waals surface area contributed by atoms with E-state index >= 15 is 0 Å². The number of hydrogen-bond acceptors (Lipinski definition) is 3. The van der Waals surface area contributed by atoms with Gasteiger partial charge >= 0.3 is 0 Å². The summed E-state index contributed by atoms with van der Waals surface area (Å²) in [6.45, 7) is 4.65. The Hall–Kier alpha value is -0.420. The largest absolute Gasteiger partial charge is 0.322 e.